The van der Waals surface area contributed by atoms with Crippen molar-refractivity contribution in [1.29, 1.82) is 0 Å². The normalized spacial score (nSPS) is 10.7. The standard InChI is InChI=1S/C17H22N4OS.HI/c1-3-19-17(21-11-14-7-8-23-12-14)20-10-13-5-4-6-15(9-13)16(22)18-2;/h4-9,12H,3,10-11H2,1-2H3,(H,18,22)(H2,19,20,21);1H. The Morgan fingerprint density at radius 1 is 1.21 bits per heavy atom. The summed E-state index contributed by atoms with van der Waals surface area (Å²) in [5.41, 5.74) is 2.90. The Morgan fingerprint density at radius 3 is 2.71 bits per heavy atom. The van der Waals surface area contributed by atoms with Crippen LogP contribution in [0.1, 0.15) is 28.4 Å². The van der Waals surface area contributed by atoms with Crippen LogP contribution in [0, 0.1) is 0 Å². The average Bonchev–Trinajstić information content (AvgIpc) is 3.10. The van der Waals surface area contributed by atoms with Gasteiger partial charge in [0.25, 0.3) is 5.91 Å². The molecule has 24 heavy (non-hydrogen) atoms. The minimum Gasteiger partial charge on any atom is -0.357 e. The van der Waals surface area contributed by atoms with E-state index in [0.717, 1.165) is 18.1 Å². The Hall–Kier alpha value is -1.61. The molecule has 2 rings (SSSR count). The highest BCUT2D eigenvalue weighted by Crippen LogP contribution is 2.07. The van der Waals surface area contributed by atoms with E-state index in [0.29, 0.717) is 18.7 Å². The molecule has 0 unspecified atom stereocenters. The number of nitrogens with one attached hydrogen (secondary N) is 3. The van der Waals surface area contributed by atoms with Crippen molar-refractivity contribution in [3.63, 3.8) is 0 Å². The van der Waals surface area contributed by atoms with E-state index in [2.05, 4.69) is 37.8 Å². The van der Waals surface area contributed by atoms with Gasteiger partial charge in [0.2, 0.25) is 0 Å². The fraction of sp³-hybridized carbons (Fsp3) is 0.294. The van der Waals surface area contributed by atoms with Gasteiger partial charge in [-0.3, -0.25) is 4.79 Å². The summed E-state index contributed by atoms with van der Waals surface area (Å²) in [5, 5.41) is 13.3. The molecule has 0 radical (unpaired) electrons. The van der Waals surface area contributed by atoms with Crippen LogP contribution in [0.3, 0.4) is 0 Å². The number of hydrogen-bond donors (Lipinski definition) is 3. The molecule has 1 aromatic carbocycles. The largest absolute Gasteiger partial charge is 0.357 e. The van der Waals surface area contributed by atoms with Crippen molar-refractivity contribution >= 4 is 47.2 Å². The SMILES string of the molecule is CCNC(=NCc1ccsc1)NCc1cccc(C(=O)NC)c1.I. The molecule has 3 N–H and O–H groups in total. The van der Waals surface area contributed by atoms with Crippen LogP contribution in [0.25, 0.3) is 0 Å². The number of hydrogen-bond acceptors (Lipinski definition) is 3. The maximum absolute atomic E-state index is 11.7. The van der Waals surface area contributed by atoms with Crippen LogP contribution in [-0.2, 0) is 13.1 Å². The Kier molecular flexibility index (Phi) is 9.39. The van der Waals surface area contributed by atoms with E-state index in [1.54, 1.807) is 24.5 Å². The van der Waals surface area contributed by atoms with Crippen molar-refractivity contribution in [3.05, 3.63) is 57.8 Å². The summed E-state index contributed by atoms with van der Waals surface area (Å²) in [7, 11) is 1.63. The Labute approximate surface area is 164 Å². The van der Waals surface area contributed by atoms with Crippen LogP contribution in [-0.4, -0.2) is 25.5 Å². The van der Waals surface area contributed by atoms with Gasteiger partial charge < -0.3 is 16.0 Å². The maximum Gasteiger partial charge on any atom is 0.251 e. The van der Waals surface area contributed by atoms with Crippen LogP contribution in [0.4, 0.5) is 0 Å². The fourth-order valence-electron chi connectivity index (χ4n) is 2.05. The quantitative estimate of drug-likeness (QED) is 0.354. The predicted molar refractivity (Wildman–Crippen MR) is 111 cm³/mol. The second-order valence-corrected chi connectivity index (χ2v) is 5.74. The molecule has 1 amide bonds. The minimum absolute atomic E-state index is 0. The van der Waals surface area contributed by atoms with Gasteiger partial charge in [-0.2, -0.15) is 11.3 Å². The monoisotopic (exact) mass is 458 g/mol. The number of carbonyl (C=O) groups is 1. The van der Waals surface area contributed by atoms with Gasteiger partial charge in [-0.15, -0.1) is 24.0 Å². The molecule has 1 heterocycles. The van der Waals surface area contributed by atoms with Crippen LogP contribution < -0.4 is 16.0 Å². The molecule has 0 bridgehead atoms. The van der Waals surface area contributed by atoms with Crippen molar-refractivity contribution in [2.45, 2.75) is 20.0 Å². The van der Waals surface area contributed by atoms with Crippen molar-refractivity contribution in [1.82, 2.24) is 16.0 Å². The summed E-state index contributed by atoms with van der Waals surface area (Å²) in [5.74, 6) is 0.689. The van der Waals surface area contributed by atoms with Gasteiger partial charge in [-0.05, 0) is 47.0 Å². The first-order chi connectivity index (χ1) is 11.2. The molecule has 0 fully saturated rings. The molecule has 0 aliphatic carbocycles. The van der Waals surface area contributed by atoms with E-state index in [1.807, 2.05) is 25.1 Å². The number of carbonyl (C=O) groups excluding carboxylic acids is 1. The predicted octanol–water partition coefficient (Wildman–Crippen LogP) is 2.98. The molecule has 7 heteroatoms. The minimum atomic E-state index is -0.0788. The molecule has 130 valence electrons. The van der Waals surface area contributed by atoms with Gasteiger partial charge in [0.05, 0.1) is 6.54 Å². The van der Waals surface area contributed by atoms with Crippen molar-refractivity contribution in [2.24, 2.45) is 4.99 Å². The van der Waals surface area contributed by atoms with E-state index < -0.39 is 0 Å². The molecule has 0 aliphatic rings. The summed E-state index contributed by atoms with van der Waals surface area (Å²) in [4.78, 5) is 16.2. The molecule has 0 atom stereocenters. The maximum atomic E-state index is 11.7. The average molecular weight is 458 g/mol. The number of aliphatic imine (C=N–C) groups is 1. The van der Waals surface area contributed by atoms with Gasteiger partial charge in [-0.25, -0.2) is 4.99 Å². The first-order valence-electron chi connectivity index (χ1n) is 7.57. The third-order valence-corrected chi connectivity index (χ3v) is 3.95. The number of nitrogens with zero attached hydrogens (tertiary/aromatic N) is 1. The molecule has 0 saturated heterocycles. The number of guanidine groups is 1. The highest BCUT2D eigenvalue weighted by molar-refractivity contribution is 14.0. The molecule has 5 nitrogen and oxygen atoms in total. The molecular weight excluding hydrogens is 435 g/mol. The highest BCUT2D eigenvalue weighted by Gasteiger charge is 2.04. The summed E-state index contributed by atoms with van der Waals surface area (Å²) in [6, 6.07) is 9.63. The van der Waals surface area contributed by atoms with Crippen molar-refractivity contribution in [3.8, 4) is 0 Å². The van der Waals surface area contributed by atoms with Crippen molar-refractivity contribution < 1.29 is 4.79 Å². The Morgan fingerprint density at radius 2 is 2.04 bits per heavy atom. The smallest absolute Gasteiger partial charge is 0.251 e. The van der Waals surface area contributed by atoms with Gasteiger partial charge >= 0.3 is 0 Å². The zero-order chi connectivity index (χ0) is 16.5. The number of halogens is 1. The first-order valence-corrected chi connectivity index (χ1v) is 8.51. The van der Waals surface area contributed by atoms with E-state index >= 15 is 0 Å². The van der Waals surface area contributed by atoms with Gasteiger partial charge in [0.1, 0.15) is 0 Å². The lowest BCUT2D eigenvalue weighted by Gasteiger charge is -2.12. The van der Waals surface area contributed by atoms with Crippen LogP contribution >= 0.6 is 35.3 Å². The van der Waals surface area contributed by atoms with Crippen LogP contribution in [0.15, 0.2) is 46.1 Å². The van der Waals surface area contributed by atoms with Gasteiger partial charge in [-0.1, -0.05) is 12.1 Å². The third kappa shape index (κ3) is 6.48. The molecule has 0 spiro atoms. The van der Waals surface area contributed by atoms with E-state index in [4.69, 9.17) is 0 Å². The molecule has 0 aliphatic heterocycles. The number of rotatable bonds is 6. The van der Waals surface area contributed by atoms with Crippen LogP contribution in [0.2, 0.25) is 0 Å². The Bertz CT molecular complexity index is 658. The highest BCUT2D eigenvalue weighted by atomic mass is 127. The van der Waals surface area contributed by atoms with Crippen molar-refractivity contribution in [2.75, 3.05) is 13.6 Å². The Balaban J connectivity index is 0.00000288. The molecular formula is C17H23IN4OS. The van der Waals surface area contributed by atoms with Gasteiger partial charge in [0.15, 0.2) is 5.96 Å². The topological polar surface area (TPSA) is 65.5 Å². The summed E-state index contributed by atoms with van der Waals surface area (Å²) < 4.78 is 0. The summed E-state index contributed by atoms with van der Waals surface area (Å²) in [6.07, 6.45) is 0. The molecule has 1 aromatic heterocycles. The van der Waals surface area contributed by atoms with E-state index in [9.17, 15) is 4.79 Å². The number of thiophene rings is 1. The van der Waals surface area contributed by atoms with Gasteiger partial charge in [0, 0.05) is 25.7 Å². The summed E-state index contributed by atoms with van der Waals surface area (Å²) >= 11 is 1.67. The van der Waals surface area contributed by atoms with E-state index in [1.165, 1.54) is 5.56 Å². The fourth-order valence-corrected chi connectivity index (χ4v) is 2.71. The number of amides is 1. The van der Waals surface area contributed by atoms with E-state index in [-0.39, 0.29) is 29.9 Å². The molecule has 2 aromatic rings. The third-order valence-electron chi connectivity index (χ3n) is 3.22. The lowest BCUT2D eigenvalue weighted by molar-refractivity contribution is 0.0963. The second kappa shape index (κ2) is 11.0. The lowest BCUT2D eigenvalue weighted by Crippen LogP contribution is -2.36. The lowest BCUT2D eigenvalue weighted by atomic mass is 10.1. The molecule has 0 saturated carbocycles. The second-order valence-electron chi connectivity index (χ2n) is 4.96. The zero-order valence-electron chi connectivity index (χ0n) is 13.8. The number of benzene rings is 1. The van der Waals surface area contributed by atoms with Crippen LogP contribution in [0.5, 0.6) is 0 Å². The zero-order valence-corrected chi connectivity index (χ0v) is 17.0. The first kappa shape index (κ1) is 20.4. The summed E-state index contributed by atoms with van der Waals surface area (Å²) in [6.45, 7) is 4.10.